The summed E-state index contributed by atoms with van der Waals surface area (Å²) < 4.78 is 6.98. The lowest BCUT2D eigenvalue weighted by Gasteiger charge is -2.07. The van der Waals surface area contributed by atoms with E-state index in [0.717, 1.165) is 23.6 Å². The van der Waals surface area contributed by atoms with Crippen LogP contribution in [-0.2, 0) is 19.5 Å². The lowest BCUT2D eigenvalue weighted by molar-refractivity contribution is 0.414. The van der Waals surface area contributed by atoms with Gasteiger partial charge in [0.15, 0.2) is 0 Å². The Morgan fingerprint density at radius 1 is 1.37 bits per heavy atom. The molecule has 0 aliphatic heterocycles. The summed E-state index contributed by atoms with van der Waals surface area (Å²) in [7, 11) is 1.66. The Morgan fingerprint density at radius 2 is 2.11 bits per heavy atom. The Labute approximate surface area is 112 Å². The van der Waals surface area contributed by atoms with Gasteiger partial charge in [0.05, 0.1) is 25.0 Å². The molecule has 19 heavy (non-hydrogen) atoms. The van der Waals surface area contributed by atoms with E-state index in [1.54, 1.807) is 13.2 Å². The molecule has 1 heterocycles. The van der Waals surface area contributed by atoms with Crippen molar-refractivity contribution >= 4 is 0 Å². The van der Waals surface area contributed by atoms with Crippen LogP contribution in [0.15, 0.2) is 36.9 Å². The van der Waals surface area contributed by atoms with E-state index in [4.69, 9.17) is 10.5 Å². The zero-order valence-electron chi connectivity index (χ0n) is 11.0. The van der Waals surface area contributed by atoms with Crippen molar-refractivity contribution in [3.05, 3.63) is 53.9 Å². The Kier molecular flexibility index (Phi) is 4.30. The molecule has 0 amide bonds. The van der Waals surface area contributed by atoms with Crippen LogP contribution < -0.4 is 10.5 Å². The van der Waals surface area contributed by atoms with Gasteiger partial charge in [0.1, 0.15) is 5.75 Å². The molecule has 1 aromatic heterocycles. The van der Waals surface area contributed by atoms with Gasteiger partial charge >= 0.3 is 0 Å². The first-order valence-electron chi connectivity index (χ1n) is 6.13. The van der Waals surface area contributed by atoms with E-state index in [2.05, 4.69) is 16.9 Å². The number of hydrogen-bond acceptors (Lipinski definition) is 4. The monoisotopic (exact) mass is 258 g/mol. The zero-order chi connectivity index (χ0) is 13.7. The molecule has 0 unspecified atom stereocenters. The van der Waals surface area contributed by atoms with Crippen LogP contribution >= 0.6 is 0 Å². The summed E-state index contributed by atoms with van der Waals surface area (Å²) in [5.74, 6) is 0.848. The fourth-order valence-corrected chi connectivity index (χ4v) is 1.93. The molecule has 0 fully saturated rings. The average molecular weight is 258 g/mol. The van der Waals surface area contributed by atoms with E-state index in [1.165, 1.54) is 5.56 Å². The number of aromatic nitrogens is 3. The highest BCUT2D eigenvalue weighted by Gasteiger charge is 2.11. The Balaban J connectivity index is 2.25. The number of rotatable bonds is 6. The normalized spacial score (nSPS) is 10.4. The van der Waals surface area contributed by atoms with Crippen molar-refractivity contribution in [3.8, 4) is 5.75 Å². The maximum atomic E-state index is 5.70. The highest BCUT2D eigenvalue weighted by Crippen LogP contribution is 2.16. The van der Waals surface area contributed by atoms with Gasteiger partial charge in [0.25, 0.3) is 0 Å². The van der Waals surface area contributed by atoms with Gasteiger partial charge < -0.3 is 10.5 Å². The summed E-state index contributed by atoms with van der Waals surface area (Å²) in [4.78, 5) is 0. The first-order valence-corrected chi connectivity index (χ1v) is 6.13. The summed E-state index contributed by atoms with van der Waals surface area (Å²) >= 11 is 0. The second kappa shape index (κ2) is 6.15. The Bertz CT molecular complexity index is 545. The maximum Gasteiger partial charge on any atom is 0.118 e. The van der Waals surface area contributed by atoms with Crippen molar-refractivity contribution < 1.29 is 4.74 Å². The highest BCUT2D eigenvalue weighted by atomic mass is 16.5. The van der Waals surface area contributed by atoms with E-state index in [0.29, 0.717) is 13.1 Å². The Hall–Kier alpha value is -2.14. The van der Waals surface area contributed by atoms with Gasteiger partial charge in [-0.05, 0) is 17.7 Å². The molecule has 2 N–H and O–H groups in total. The van der Waals surface area contributed by atoms with E-state index in [9.17, 15) is 0 Å². The third-order valence-electron chi connectivity index (χ3n) is 2.94. The highest BCUT2D eigenvalue weighted by molar-refractivity contribution is 5.30. The lowest BCUT2D eigenvalue weighted by atomic mass is 10.1. The second-order valence-corrected chi connectivity index (χ2v) is 4.18. The van der Waals surface area contributed by atoms with Crippen molar-refractivity contribution in [3.63, 3.8) is 0 Å². The zero-order valence-corrected chi connectivity index (χ0v) is 11.0. The smallest absolute Gasteiger partial charge is 0.118 e. The van der Waals surface area contributed by atoms with Gasteiger partial charge in [0.2, 0.25) is 0 Å². The maximum absolute atomic E-state index is 5.70. The molecule has 5 heteroatoms. The van der Waals surface area contributed by atoms with E-state index >= 15 is 0 Å². The molecule has 0 spiro atoms. The van der Waals surface area contributed by atoms with Crippen LogP contribution in [0.4, 0.5) is 0 Å². The molecule has 0 aliphatic rings. The van der Waals surface area contributed by atoms with E-state index < -0.39 is 0 Å². The van der Waals surface area contributed by atoms with Crippen molar-refractivity contribution in [2.75, 3.05) is 7.11 Å². The number of benzene rings is 1. The summed E-state index contributed by atoms with van der Waals surface area (Å²) in [5.41, 5.74) is 8.73. The van der Waals surface area contributed by atoms with Crippen molar-refractivity contribution in [1.29, 1.82) is 0 Å². The molecule has 0 radical (unpaired) electrons. The largest absolute Gasteiger partial charge is 0.497 e. The molecule has 2 rings (SSSR count). The van der Waals surface area contributed by atoms with Crippen LogP contribution in [0.5, 0.6) is 5.75 Å². The molecule has 5 nitrogen and oxygen atoms in total. The van der Waals surface area contributed by atoms with Gasteiger partial charge in [-0.3, -0.25) is 0 Å². The van der Waals surface area contributed by atoms with Crippen LogP contribution in [0.3, 0.4) is 0 Å². The molecule has 1 aromatic carbocycles. The number of nitrogens with zero attached hydrogens (tertiary/aromatic N) is 3. The molecule has 0 atom stereocenters. The molecule has 100 valence electrons. The summed E-state index contributed by atoms with van der Waals surface area (Å²) in [6, 6.07) is 7.95. The molecular weight excluding hydrogens is 240 g/mol. The van der Waals surface area contributed by atoms with Gasteiger partial charge in [-0.15, -0.1) is 11.7 Å². The minimum Gasteiger partial charge on any atom is -0.497 e. The standard InChI is InChI=1S/C14H18N4O/c1-3-8-18-14(13(10-15)16-17-18)9-11-4-6-12(19-2)7-5-11/h3-7H,1,8-10,15H2,2H3. The molecule has 0 bridgehead atoms. The van der Waals surface area contributed by atoms with Gasteiger partial charge in [-0.25, -0.2) is 4.68 Å². The Morgan fingerprint density at radius 3 is 2.68 bits per heavy atom. The van der Waals surface area contributed by atoms with Gasteiger partial charge in [-0.2, -0.15) is 0 Å². The summed E-state index contributed by atoms with van der Waals surface area (Å²) in [5, 5.41) is 8.20. The SMILES string of the molecule is C=CCn1nnc(CN)c1Cc1ccc(OC)cc1. The van der Waals surface area contributed by atoms with Crippen molar-refractivity contribution in [2.45, 2.75) is 19.5 Å². The van der Waals surface area contributed by atoms with Gasteiger partial charge in [0, 0.05) is 13.0 Å². The first kappa shape index (κ1) is 13.3. The third-order valence-corrected chi connectivity index (χ3v) is 2.94. The lowest BCUT2D eigenvalue weighted by Crippen LogP contribution is -2.07. The van der Waals surface area contributed by atoms with Crippen LogP contribution in [0.2, 0.25) is 0 Å². The number of nitrogens with two attached hydrogens (primary N) is 1. The van der Waals surface area contributed by atoms with Gasteiger partial charge in [-0.1, -0.05) is 23.4 Å². The van der Waals surface area contributed by atoms with Crippen LogP contribution in [0.1, 0.15) is 17.0 Å². The first-order chi connectivity index (χ1) is 9.28. The molecule has 0 saturated heterocycles. The fraction of sp³-hybridized carbons (Fsp3) is 0.286. The number of allylic oxidation sites excluding steroid dienone is 1. The average Bonchev–Trinajstić information content (AvgIpc) is 2.82. The van der Waals surface area contributed by atoms with Crippen molar-refractivity contribution in [2.24, 2.45) is 5.73 Å². The van der Waals surface area contributed by atoms with Crippen LogP contribution in [0, 0.1) is 0 Å². The summed E-state index contributed by atoms with van der Waals surface area (Å²) in [6.45, 7) is 4.75. The predicted octanol–water partition coefficient (Wildman–Crippen LogP) is 1.52. The summed E-state index contributed by atoms with van der Waals surface area (Å²) in [6.07, 6.45) is 2.55. The van der Waals surface area contributed by atoms with Crippen LogP contribution in [0.25, 0.3) is 0 Å². The molecule has 0 saturated carbocycles. The quantitative estimate of drug-likeness (QED) is 0.798. The second-order valence-electron chi connectivity index (χ2n) is 4.18. The van der Waals surface area contributed by atoms with Crippen LogP contribution in [-0.4, -0.2) is 22.1 Å². The number of methoxy groups -OCH3 is 1. The number of ether oxygens (including phenoxy) is 1. The van der Waals surface area contributed by atoms with Crippen molar-refractivity contribution in [1.82, 2.24) is 15.0 Å². The fourth-order valence-electron chi connectivity index (χ4n) is 1.93. The molecule has 2 aromatic rings. The molecule has 0 aliphatic carbocycles. The molecular formula is C14H18N4O. The van der Waals surface area contributed by atoms with E-state index in [1.807, 2.05) is 28.9 Å². The topological polar surface area (TPSA) is 66.0 Å². The predicted molar refractivity (Wildman–Crippen MR) is 73.9 cm³/mol. The third kappa shape index (κ3) is 3.00. The minimum absolute atomic E-state index is 0.391. The minimum atomic E-state index is 0.391. The van der Waals surface area contributed by atoms with E-state index in [-0.39, 0.29) is 0 Å². The number of hydrogen-bond donors (Lipinski definition) is 1.